The number of amides is 2. The largest absolute Gasteiger partial charge is 0.352 e. The van der Waals surface area contributed by atoms with Crippen LogP contribution < -0.4 is 5.32 Å². The van der Waals surface area contributed by atoms with E-state index < -0.39 is 0 Å². The molecular weight excluding hydrogens is 364 g/mol. The van der Waals surface area contributed by atoms with Crippen LogP contribution in [-0.4, -0.2) is 79.4 Å². The van der Waals surface area contributed by atoms with Crippen molar-refractivity contribution >= 4 is 11.8 Å². The Hall–Kier alpha value is -1.92. The molecule has 2 fully saturated rings. The van der Waals surface area contributed by atoms with E-state index in [1.165, 1.54) is 5.56 Å². The standard InChI is InChI=1S/C23H36N4O2/c1-25(2)23(29)18-26-13-10-19(11-14-26)8-9-22(28)24-21-12-15-27(17-21)16-20-6-4-3-5-7-20/h3-7,19,21H,8-18H2,1-2H3,(H,24,28). The van der Waals surface area contributed by atoms with Crippen LogP contribution in [0.2, 0.25) is 0 Å². The number of likely N-dealkylation sites (tertiary alicyclic amines) is 2. The van der Waals surface area contributed by atoms with E-state index in [4.69, 9.17) is 0 Å². The monoisotopic (exact) mass is 400 g/mol. The van der Waals surface area contributed by atoms with E-state index in [0.29, 0.717) is 18.9 Å². The lowest BCUT2D eigenvalue weighted by molar-refractivity contribution is -0.130. The lowest BCUT2D eigenvalue weighted by Gasteiger charge is -2.32. The van der Waals surface area contributed by atoms with E-state index >= 15 is 0 Å². The van der Waals surface area contributed by atoms with Crippen LogP contribution in [0.3, 0.4) is 0 Å². The lowest BCUT2D eigenvalue weighted by Crippen LogP contribution is -2.41. The summed E-state index contributed by atoms with van der Waals surface area (Å²) < 4.78 is 0. The SMILES string of the molecule is CN(C)C(=O)CN1CCC(CCC(=O)NC2CCN(Cc3ccccc3)C2)CC1. The number of rotatable bonds is 8. The van der Waals surface area contributed by atoms with Gasteiger partial charge in [0.15, 0.2) is 0 Å². The minimum absolute atomic E-state index is 0.167. The van der Waals surface area contributed by atoms with Crippen LogP contribution in [0.15, 0.2) is 30.3 Å². The van der Waals surface area contributed by atoms with Gasteiger partial charge >= 0.3 is 0 Å². The summed E-state index contributed by atoms with van der Waals surface area (Å²) in [4.78, 5) is 30.5. The summed E-state index contributed by atoms with van der Waals surface area (Å²) in [5, 5.41) is 3.24. The third-order valence-electron chi connectivity index (χ3n) is 6.23. The molecule has 160 valence electrons. The number of hydrogen-bond donors (Lipinski definition) is 1. The molecule has 2 aliphatic heterocycles. The van der Waals surface area contributed by atoms with Crippen LogP contribution in [0.1, 0.15) is 37.7 Å². The normalized spacial score (nSPS) is 21.2. The zero-order chi connectivity index (χ0) is 20.6. The summed E-state index contributed by atoms with van der Waals surface area (Å²) in [5.74, 6) is 0.965. The molecule has 1 atom stereocenters. The fourth-order valence-corrected chi connectivity index (χ4v) is 4.34. The number of carbonyl (C=O) groups is 2. The molecule has 2 saturated heterocycles. The highest BCUT2D eigenvalue weighted by Gasteiger charge is 2.25. The molecule has 0 bridgehead atoms. The molecule has 3 rings (SSSR count). The fraction of sp³-hybridized carbons (Fsp3) is 0.652. The second kappa shape index (κ2) is 10.7. The molecule has 2 heterocycles. The summed E-state index contributed by atoms with van der Waals surface area (Å²) >= 11 is 0. The van der Waals surface area contributed by atoms with Gasteiger partial charge in [-0.2, -0.15) is 0 Å². The number of piperidine rings is 1. The van der Waals surface area contributed by atoms with Crippen molar-refractivity contribution in [1.29, 1.82) is 0 Å². The first-order chi connectivity index (χ1) is 14.0. The van der Waals surface area contributed by atoms with E-state index in [1.807, 2.05) is 6.07 Å². The maximum Gasteiger partial charge on any atom is 0.236 e. The third-order valence-corrected chi connectivity index (χ3v) is 6.23. The molecule has 0 aliphatic carbocycles. The Labute approximate surface area is 175 Å². The van der Waals surface area contributed by atoms with Gasteiger partial charge in [0, 0.05) is 46.2 Å². The van der Waals surface area contributed by atoms with Gasteiger partial charge in [0.05, 0.1) is 6.54 Å². The first kappa shape index (κ1) is 21.8. The molecule has 1 aromatic carbocycles. The Morgan fingerprint density at radius 3 is 2.41 bits per heavy atom. The molecule has 0 spiro atoms. The molecule has 1 N–H and O–H groups in total. The first-order valence-electron chi connectivity index (χ1n) is 11.0. The highest BCUT2D eigenvalue weighted by Crippen LogP contribution is 2.22. The molecule has 29 heavy (non-hydrogen) atoms. The average Bonchev–Trinajstić information content (AvgIpc) is 3.14. The maximum atomic E-state index is 12.4. The van der Waals surface area contributed by atoms with Crippen molar-refractivity contribution in [2.75, 3.05) is 46.8 Å². The number of nitrogens with zero attached hydrogens (tertiary/aromatic N) is 3. The van der Waals surface area contributed by atoms with Crippen LogP contribution >= 0.6 is 0 Å². The second-order valence-electron chi connectivity index (χ2n) is 8.82. The third kappa shape index (κ3) is 7.12. The highest BCUT2D eigenvalue weighted by molar-refractivity contribution is 5.77. The molecule has 0 radical (unpaired) electrons. The number of carbonyl (C=O) groups excluding carboxylic acids is 2. The molecule has 0 saturated carbocycles. The Kier molecular flexibility index (Phi) is 8.07. The number of likely N-dealkylation sites (N-methyl/N-ethyl adjacent to an activating group) is 1. The molecule has 2 amide bonds. The smallest absolute Gasteiger partial charge is 0.236 e. The van der Waals surface area contributed by atoms with Crippen molar-refractivity contribution in [3.8, 4) is 0 Å². The van der Waals surface area contributed by atoms with Crippen LogP contribution in [0.25, 0.3) is 0 Å². The number of nitrogens with one attached hydrogen (secondary N) is 1. The van der Waals surface area contributed by atoms with Crippen molar-refractivity contribution in [1.82, 2.24) is 20.0 Å². The Bertz CT molecular complexity index is 656. The summed E-state index contributed by atoms with van der Waals surface area (Å²) in [6.45, 7) is 5.39. The average molecular weight is 401 g/mol. The van der Waals surface area contributed by atoms with Crippen molar-refractivity contribution < 1.29 is 9.59 Å². The fourth-order valence-electron chi connectivity index (χ4n) is 4.34. The van der Waals surface area contributed by atoms with Gasteiger partial charge in [0.2, 0.25) is 11.8 Å². The van der Waals surface area contributed by atoms with Gasteiger partial charge < -0.3 is 10.2 Å². The molecule has 1 unspecified atom stereocenters. The van der Waals surface area contributed by atoms with E-state index in [-0.39, 0.29) is 17.9 Å². The molecule has 6 nitrogen and oxygen atoms in total. The van der Waals surface area contributed by atoms with E-state index in [2.05, 4.69) is 39.4 Å². The van der Waals surface area contributed by atoms with Crippen LogP contribution in [0.5, 0.6) is 0 Å². The Balaban J connectivity index is 1.29. The van der Waals surface area contributed by atoms with E-state index in [1.54, 1.807) is 19.0 Å². The minimum atomic E-state index is 0.167. The van der Waals surface area contributed by atoms with Crippen molar-refractivity contribution in [2.45, 2.75) is 44.7 Å². The molecular formula is C23H36N4O2. The quantitative estimate of drug-likeness (QED) is 0.725. The molecule has 6 heteroatoms. The summed E-state index contributed by atoms with van der Waals surface area (Å²) in [5.41, 5.74) is 1.33. The van der Waals surface area contributed by atoms with Gasteiger partial charge in [-0.3, -0.25) is 19.4 Å². The predicted molar refractivity (Wildman–Crippen MR) is 115 cm³/mol. The summed E-state index contributed by atoms with van der Waals surface area (Å²) in [6, 6.07) is 10.8. The van der Waals surface area contributed by atoms with Crippen LogP contribution in [0.4, 0.5) is 0 Å². The van der Waals surface area contributed by atoms with Crippen molar-refractivity contribution in [2.24, 2.45) is 5.92 Å². The molecule has 0 aromatic heterocycles. The van der Waals surface area contributed by atoms with Gasteiger partial charge in [-0.15, -0.1) is 0 Å². The Morgan fingerprint density at radius 2 is 1.72 bits per heavy atom. The van der Waals surface area contributed by atoms with Gasteiger partial charge in [-0.25, -0.2) is 0 Å². The number of hydrogen-bond acceptors (Lipinski definition) is 4. The van der Waals surface area contributed by atoms with E-state index in [0.717, 1.165) is 58.4 Å². The highest BCUT2D eigenvalue weighted by atomic mass is 16.2. The zero-order valence-corrected chi connectivity index (χ0v) is 18.0. The van der Waals surface area contributed by atoms with Crippen LogP contribution in [-0.2, 0) is 16.1 Å². The maximum absolute atomic E-state index is 12.4. The van der Waals surface area contributed by atoms with Gasteiger partial charge in [0.1, 0.15) is 0 Å². The van der Waals surface area contributed by atoms with Crippen molar-refractivity contribution in [3.63, 3.8) is 0 Å². The Morgan fingerprint density at radius 1 is 1.03 bits per heavy atom. The summed E-state index contributed by atoms with van der Waals surface area (Å²) in [6.07, 6.45) is 4.79. The lowest BCUT2D eigenvalue weighted by atomic mass is 9.92. The van der Waals surface area contributed by atoms with Crippen LogP contribution in [0, 0.1) is 5.92 Å². The van der Waals surface area contributed by atoms with Crippen molar-refractivity contribution in [3.05, 3.63) is 35.9 Å². The topological polar surface area (TPSA) is 55.9 Å². The summed E-state index contributed by atoms with van der Waals surface area (Å²) in [7, 11) is 3.61. The molecule has 2 aliphatic rings. The van der Waals surface area contributed by atoms with E-state index in [9.17, 15) is 9.59 Å². The second-order valence-corrected chi connectivity index (χ2v) is 8.82. The van der Waals surface area contributed by atoms with Gasteiger partial charge in [-0.05, 0) is 50.3 Å². The first-order valence-corrected chi connectivity index (χ1v) is 11.0. The minimum Gasteiger partial charge on any atom is -0.352 e. The zero-order valence-electron chi connectivity index (χ0n) is 18.0. The number of benzene rings is 1. The van der Waals surface area contributed by atoms with Gasteiger partial charge in [-0.1, -0.05) is 30.3 Å². The van der Waals surface area contributed by atoms with Gasteiger partial charge in [0.25, 0.3) is 0 Å². The predicted octanol–water partition coefficient (Wildman–Crippen LogP) is 1.96. The molecule has 1 aromatic rings.